The molecular formula is C25H26N4O3S. The standard InChI is InChI=1S/C25H26N4O3S/c1-4-18-9-5-8-17(2)23(18)26-22(30)16-33-25-28-27-24(19-10-6-11-20(14-19)31-3)29(25)15-21-12-7-13-32-21/h5-14H,4,15-16H2,1-3H3,(H,26,30). The van der Waals surface area contributed by atoms with E-state index in [0.29, 0.717) is 17.5 Å². The number of carbonyl (C=O) groups is 1. The lowest BCUT2D eigenvalue weighted by Crippen LogP contribution is -2.16. The van der Waals surface area contributed by atoms with Gasteiger partial charge in [0.1, 0.15) is 11.5 Å². The predicted molar refractivity (Wildman–Crippen MR) is 130 cm³/mol. The second-order valence-corrected chi connectivity index (χ2v) is 8.45. The van der Waals surface area contributed by atoms with E-state index < -0.39 is 0 Å². The molecule has 2 aromatic carbocycles. The van der Waals surface area contributed by atoms with E-state index in [2.05, 4.69) is 22.4 Å². The van der Waals surface area contributed by atoms with Crippen molar-refractivity contribution < 1.29 is 13.9 Å². The third-order valence-corrected chi connectivity index (χ3v) is 6.24. The Bertz CT molecular complexity index is 1230. The van der Waals surface area contributed by atoms with Crippen LogP contribution in [0.15, 0.2) is 70.4 Å². The van der Waals surface area contributed by atoms with Crippen molar-refractivity contribution in [3.8, 4) is 17.1 Å². The van der Waals surface area contributed by atoms with Gasteiger partial charge in [-0.15, -0.1) is 10.2 Å². The van der Waals surface area contributed by atoms with E-state index in [0.717, 1.165) is 40.3 Å². The second-order valence-electron chi connectivity index (χ2n) is 7.50. The molecule has 1 N–H and O–H groups in total. The average Bonchev–Trinajstić information content (AvgIpc) is 3.49. The van der Waals surface area contributed by atoms with Crippen LogP contribution in [-0.4, -0.2) is 33.5 Å². The van der Waals surface area contributed by atoms with Crippen molar-refractivity contribution in [1.29, 1.82) is 0 Å². The fourth-order valence-electron chi connectivity index (χ4n) is 3.58. The van der Waals surface area contributed by atoms with Gasteiger partial charge in [0.05, 0.1) is 25.7 Å². The maximum absolute atomic E-state index is 12.8. The van der Waals surface area contributed by atoms with Gasteiger partial charge in [-0.05, 0) is 48.7 Å². The van der Waals surface area contributed by atoms with Gasteiger partial charge >= 0.3 is 0 Å². The molecule has 0 saturated carbocycles. The molecule has 170 valence electrons. The zero-order valence-corrected chi connectivity index (χ0v) is 19.7. The molecule has 7 nitrogen and oxygen atoms in total. The second kappa shape index (κ2) is 10.4. The van der Waals surface area contributed by atoms with E-state index in [1.165, 1.54) is 11.8 Å². The number of furan rings is 1. The SMILES string of the molecule is CCc1cccc(C)c1NC(=O)CSc1nnc(-c2cccc(OC)c2)n1Cc1ccco1. The summed E-state index contributed by atoms with van der Waals surface area (Å²) in [7, 11) is 1.63. The Morgan fingerprint density at radius 2 is 2.00 bits per heavy atom. The number of amides is 1. The number of thioether (sulfide) groups is 1. The maximum Gasteiger partial charge on any atom is 0.234 e. The lowest BCUT2D eigenvalue weighted by molar-refractivity contribution is -0.113. The molecule has 0 bridgehead atoms. The van der Waals surface area contributed by atoms with Crippen LogP contribution < -0.4 is 10.1 Å². The van der Waals surface area contributed by atoms with E-state index in [-0.39, 0.29) is 11.7 Å². The van der Waals surface area contributed by atoms with Gasteiger partial charge in [0.2, 0.25) is 5.91 Å². The lowest BCUT2D eigenvalue weighted by atomic mass is 10.1. The molecule has 33 heavy (non-hydrogen) atoms. The number of methoxy groups -OCH3 is 1. The molecule has 0 saturated heterocycles. The molecule has 0 fully saturated rings. The number of nitrogens with zero attached hydrogens (tertiary/aromatic N) is 3. The number of aryl methyl sites for hydroxylation is 2. The highest BCUT2D eigenvalue weighted by Crippen LogP contribution is 2.28. The van der Waals surface area contributed by atoms with E-state index in [1.807, 2.05) is 66.1 Å². The molecule has 0 unspecified atom stereocenters. The fourth-order valence-corrected chi connectivity index (χ4v) is 4.32. The Balaban J connectivity index is 1.56. The Morgan fingerprint density at radius 1 is 1.15 bits per heavy atom. The first-order chi connectivity index (χ1) is 16.1. The van der Waals surface area contributed by atoms with Crippen LogP contribution in [0.5, 0.6) is 5.75 Å². The first kappa shape index (κ1) is 22.7. The number of hydrogen-bond acceptors (Lipinski definition) is 6. The first-order valence-electron chi connectivity index (χ1n) is 10.7. The van der Waals surface area contributed by atoms with Crippen molar-refractivity contribution in [1.82, 2.24) is 14.8 Å². The summed E-state index contributed by atoms with van der Waals surface area (Å²) in [5.74, 6) is 2.32. The highest BCUT2D eigenvalue weighted by atomic mass is 32.2. The van der Waals surface area contributed by atoms with Gasteiger partial charge in [0.15, 0.2) is 11.0 Å². The summed E-state index contributed by atoms with van der Waals surface area (Å²) in [6.07, 6.45) is 2.49. The summed E-state index contributed by atoms with van der Waals surface area (Å²) in [6, 6.07) is 17.5. The Kier molecular flexibility index (Phi) is 7.14. The normalized spacial score (nSPS) is 10.9. The third-order valence-electron chi connectivity index (χ3n) is 5.28. The summed E-state index contributed by atoms with van der Waals surface area (Å²) < 4.78 is 12.9. The summed E-state index contributed by atoms with van der Waals surface area (Å²) in [5.41, 5.74) is 3.93. The van der Waals surface area contributed by atoms with Crippen molar-refractivity contribution in [2.24, 2.45) is 0 Å². The van der Waals surface area contributed by atoms with E-state index in [1.54, 1.807) is 13.4 Å². The number of hydrogen-bond donors (Lipinski definition) is 1. The Labute approximate surface area is 197 Å². The number of anilines is 1. The molecule has 0 aliphatic heterocycles. The van der Waals surface area contributed by atoms with Gasteiger partial charge < -0.3 is 14.5 Å². The van der Waals surface area contributed by atoms with Crippen LogP contribution in [0.25, 0.3) is 11.4 Å². The van der Waals surface area contributed by atoms with Crippen LogP contribution in [0.4, 0.5) is 5.69 Å². The fraction of sp³-hybridized carbons (Fsp3) is 0.240. The van der Waals surface area contributed by atoms with Gasteiger partial charge in [-0.1, -0.05) is 49.0 Å². The highest BCUT2D eigenvalue weighted by molar-refractivity contribution is 7.99. The van der Waals surface area contributed by atoms with Crippen LogP contribution in [-0.2, 0) is 17.8 Å². The summed E-state index contributed by atoms with van der Waals surface area (Å²) in [5, 5.41) is 12.5. The summed E-state index contributed by atoms with van der Waals surface area (Å²) >= 11 is 1.35. The van der Waals surface area contributed by atoms with Gasteiger partial charge in [-0.2, -0.15) is 0 Å². The van der Waals surface area contributed by atoms with Crippen molar-refractivity contribution in [3.05, 3.63) is 77.7 Å². The van der Waals surface area contributed by atoms with E-state index in [9.17, 15) is 4.79 Å². The monoisotopic (exact) mass is 462 g/mol. The number of carbonyl (C=O) groups excluding carboxylic acids is 1. The molecule has 4 aromatic rings. The Hall–Kier alpha value is -3.52. The van der Waals surface area contributed by atoms with Crippen molar-refractivity contribution >= 4 is 23.4 Å². The number of nitrogens with one attached hydrogen (secondary N) is 1. The van der Waals surface area contributed by atoms with Crippen molar-refractivity contribution in [3.63, 3.8) is 0 Å². The minimum absolute atomic E-state index is 0.0838. The number of para-hydroxylation sites is 1. The largest absolute Gasteiger partial charge is 0.497 e. The van der Waals surface area contributed by atoms with Gasteiger partial charge in [-0.25, -0.2) is 0 Å². The molecule has 0 spiro atoms. The van der Waals surface area contributed by atoms with E-state index >= 15 is 0 Å². The molecule has 0 aliphatic carbocycles. The molecule has 0 atom stereocenters. The van der Waals surface area contributed by atoms with Crippen LogP contribution >= 0.6 is 11.8 Å². The third kappa shape index (κ3) is 5.28. The van der Waals surface area contributed by atoms with Crippen molar-refractivity contribution in [2.45, 2.75) is 32.0 Å². The van der Waals surface area contributed by atoms with Gasteiger partial charge in [0, 0.05) is 11.3 Å². The van der Waals surface area contributed by atoms with Crippen molar-refractivity contribution in [2.75, 3.05) is 18.2 Å². The molecule has 4 rings (SSSR count). The Morgan fingerprint density at radius 3 is 2.76 bits per heavy atom. The smallest absolute Gasteiger partial charge is 0.234 e. The number of ether oxygens (including phenoxy) is 1. The van der Waals surface area contributed by atoms with E-state index in [4.69, 9.17) is 9.15 Å². The molecule has 2 aromatic heterocycles. The minimum Gasteiger partial charge on any atom is -0.497 e. The number of rotatable bonds is 9. The molecular weight excluding hydrogens is 436 g/mol. The summed E-state index contributed by atoms with van der Waals surface area (Å²) in [4.78, 5) is 12.8. The average molecular weight is 463 g/mol. The van der Waals surface area contributed by atoms with Crippen LogP contribution in [0, 0.1) is 6.92 Å². The van der Waals surface area contributed by atoms with Crippen LogP contribution in [0.3, 0.4) is 0 Å². The molecule has 1 amide bonds. The maximum atomic E-state index is 12.8. The first-order valence-corrected chi connectivity index (χ1v) is 11.7. The molecule has 8 heteroatoms. The van der Waals surface area contributed by atoms with Crippen LogP contribution in [0.2, 0.25) is 0 Å². The highest BCUT2D eigenvalue weighted by Gasteiger charge is 2.18. The molecule has 0 aliphatic rings. The quantitative estimate of drug-likeness (QED) is 0.345. The summed E-state index contributed by atoms with van der Waals surface area (Å²) in [6.45, 7) is 4.53. The molecule has 2 heterocycles. The van der Waals surface area contributed by atoms with Gasteiger partial charge in [-0.3, -0.25) is 9.36 Å². The minimum atomic E-state index is -0.0838. The molecule has 0 radical (unpaired) electrons. The van der Waals surface area contributed by atoms with Gasteiger partial charge in [0.25, 0.3) is 0 Å². The lowest BCUT2D eigenvalue weighted by Gasteiger charge is -2.13. The zero-order chi connectivity index (χ0) is 23.2. The van der Waals surface area contributed by atoms with Crippen LogP contribution in [0.1, 0.15) is 23.8 Å². The number of aromatic nitrogens is 3. The predicted octanol–water partition coefficient (Wildman–Crippen LogP) is 5.20. The number of benzene rings is 2. The topological polar surface area (TPSA) is 82.2 Å². The zero-order valence-electron chi connectivity index (χ0n) is 18.9.